The lowest BCUT2D eigenvalue weighted by Crippen LogP contribution is -2.37. The van der Waals surface area contributed by atoms with E-state index in [-0.39, 0.29) is 17.9 Å². The third kappa shape index (κ3) is 6.18. The lowest BCUT2D eigenvalue weighted by molar-refractivity contribution is -0.117. The molecule has 2 aromatic carbocycles. The Hall–Kier alpha value is -3.16. The first-order valence-corrected chi connectivity index (χ1v) is 11.4. The highest BCUT2D eigenvalue weighted by Gasteiger charge is 2.17. The van der Waals surface area contributed by atoms with Crippen LogP contribution in [-0.2, 0) is 11.3 Å². The van der Waals surface area contributed by atoms with Gasteiger partial charge in [0.2, 0.25) is 5.91 Å². The van der Waals surface area contributed by atoms with Crippen LogP contribution in [-0.4, -0.2) is 36.4 Å². The van der Waals surface area contributed by atoms with Gasteiger partial charge in [-0.1, -0.05) is 12.1 Å². The van der Waals surface area contributed by atoms with Gasteiger partial charge in [-0.15, -0.1) is 11.3 Å². The number of hydrogen-bond acceptors (Lipinski definition) is 5. The highest BCUT2D eigenvalue weighted by atomic mass is 32.1. The summed E-state index contributed by atoms with van der Waals surface area (Å²) in [6.45, 7) is 7.31. The number of hydrogen-bond donors (Lipinski definition) is 2. The lowest BCUT2D eigenvalue weighted by atomic mass is 10.2. The van der Waals surface area contributed by atoms with E-state index in [1.165, 1.54) is 10.4 Å². The minimum Gasteiger partial charge on any atom is -0.495 e. The Morgan fingerprint density at radius 3 is 2.38 bits per heavy atom. The minimum atomic E-state index is -0.246. The third-order valence-corrected chi connectivity index (χ3v) is 6.19. The SMILES string of the molecule is COc1ccccc1NC(=O)c1ccc(NC(=O)CN(Cc2sccc2C)C(C)C)cc1. The third-order valence-electron chi connectivity index (χ3n) is 5.18. The molecule has 168 valence electrons. The highest BCUT2D eigenvalue weighted by molar-refractivity contribution is 7.10. The molecular formula is C25H29N3O3S. The van der Waals surface area contributed by atoms with Crippen molar-refractivity contribution in [3.8, 4) is 5.75 Å². The van der Waals surface area contributed by atoms with E-state index < -0.39 is 0 Å². The van der Waals surface area contributed by atoms with Gasteiger partial charge in [-0.05, 0) is 74.2 Å². The predicted molar refractivity (Wildman–Crippen MR) is 131 cm³/mol. The average molecular weight is 452 g/mol. The largest absolute Gasteiger partial charge is 0.495 e. The fourth-order valence-corrected chi connectivity index (χ4v) is 4.13. The van der Waals surface area contributed by atoms with E-state index in [0.717, 1.165) is 6.54 Å². The summed E-state index contributed by atoms with van der Waals surface area (Å²) >= 11 is 1.71. The Morgan fingerprint density at radius 2 is 1.75 bits per heavy atom. The van der Waals surface area contributed by atoms with E-state index in [0.29, 0.717) is 29.2 Å². The maximum atomic E-state index is 12.6. The fraction of sp³-hybridized carbons (Fsp3) is 0.280. The first kappa shape index (κ1) is 23.5. The van der Waals surface area contributed by atoms with Gasteiger partial charge in [0, 0.05) is 28.7 Å². The number of rotatable bonds is 9. The zero-order valence-electron chi connectivity index (χ0n) is 18.8. The van der Waals surface area contributed by atoms with Crippen molar-refractivity contribution in [3.05, 3.63) is 76.0 Å². The van der Waals surface area contributed by atoms with E-state index in [4.69, 9.17) is 4.74 Å². The van der Waals surface area contributed by atoms with Crippen molar-refractivity contribution >= 4 is 34.5 Å². The van der Waals surface area contributed by atoms with E-state index in [9.17, 15) is 9.59 Å². The number of ether oxygens (including phenoxy) is 1. The van der Waals surface area contributed by atoms with Crippen LogP contribution in [0.1, 0.15) is 34.6 Å². The van der Waals surface area contributed by atoms with E-state index in [2.05, 4.69) is 47.8 Å². The van der Waals surface area contributed by atoms with Crippen molar-refractivity contribution in [3.63, 3.8) is 0 Å². The van der Waals surface area contributed by atoms with Gasteiger partial charge in [-0.2, -0.15) is 0 Å². The number of methoxy groups -OCH3 is 1. The van der Waals surface area contributed by atoms with Gasteiger partial charge >= 0.3 is 0 Å². The number of para-hydroxylation sites is 2. The molecule has 0 saturated carbocycles. The number of nitrogens with zero attached hydrogens (tertiary/aromatic N) is 1. The molecule has 6 nitrogen and oxygen atoms in total. The number of anilines is 2. The quantitative estimate of drug-likeness (QED) is 0.471. The van der Waals surface area contributed by atoms with E-state index >= 15 is 0 Å². The number of nitrogens with one attached hydrogen (secondary N) is 2. The zero-order chi connectivity index (χ0) is 23.1. The monoisotopic (exact) mass is 451 g/mol. The van der Waals surface area contributed by atoms with Crippen molar-refractivity contribution < 1.29 is 14.3 Å². The predicted octanol–water partition coefficient (Wildman–Crippen LogP) is 5.17. The summed E-state index contributed by atoms with van der Waals surface area (Å²) in [7, 11) is 1.56. The summed E-state index contributed by atoms with van der Waals surface area (Å²) < 4.78 is 5.27. The van der Waals surface area contributed by atoms with Gasteiger partial charge in [0.15, 0.2) is 0 Å². The highest BCUT2D eigenvalue weighted by Crippen LogP contribution is 2.24. The van der Waals surface area contributed by atoms with Crippen molar-refractivity contribution in [2.45, 2.75) is 33.4 Å². The molecule has 0 spiro atoms. The molecule has 0 fully saturated rings. The molecule has 1 aromatic heterocycles. The Labute approximate surface area is 193 Å². The molecule has 3 rings (SSSR count). The van der Waals surface area contributed by atoms with Crippen LogP contribution >= 0.6 is 11.3 Å². The molecule has 0 saturated heterocycles. The molecule has 1 heterocycles. The molecule has 0 aliphatic heterocycles. The molecule has 7 heteroatoms. The Morgan fingerprint density at radius 1 is 1.03 bits per heavy atom. The molecule has 0 aliphatic carbocycles. The van der Waals surface area contributed by atoms with Crippen LogP contribution in [0.5, 0.6) is 5.75 Å². The van der Waals surface area contributed by atoms with Gasteiger partial charge in [0.05, 0.1) is 19.3 Å². The van der Waals surface area contributed by atoms with Crippen LogP contribution in [0.4, 0.5) is 11.4 Å². The fourth-order valence-electron chi connectivity index (χ4n) is 3.20. The molecule has 3 aromatic rings. The molecule has 0 aliphatic rings. The Kier molecular flexibility index (Phi) is 8.03. The topological polar surface area (TPSA) is 70.7 Å². The van der Waals surface area contributed by atoms with Crippen molar-refractivity contribution in [2.75, 3.05) is 24.3 Å². The minimum absolute atomic E-state index is 0.0841. The van der Waals surface area contributed by atoms with E-state index in [1.54, 1.807) is 54.8 Å². The zero-order valence-corrected chi connectivity index (χ0v) is 19.7. The molecule has 2 amide bonds. The second kappa shape index (κ2) is 10.9. The molecular weight excluding hydrogens is 422 g/mol. The van der Waals surface area contributed by atoms with E-state index in [1.807, 2.05) is 12.1 Å². The molecule has 0 unspecified atom stereocenters. The van der Waals surface area contributed by atoms with Crippen LogP contribution < -0.4 is 15.4 Å². The van der Waals surface area contributed by atoms with Gasteiger partial charge in [0.1, 0.15) is 5.75 Å². The first-order chi connectivity index (χ1) is 15.4. The standard InChI is InChI=1S/C25H29N3O3S/c1-17(2)28(15-23-18(3)13-14-32-23)16-24(29)26-20-11-9-19(10-12-20)25(30)27-21-7-5-6-8-22(21)31-4/h5-14,17H,15-16H2,1-4H3,(H,26,29)(H,27,30). The van der Waals surface area contributed by atoms with Crippen LogP contribution in [0.15, 0.2) is 60.0 Å². The maximum absolute atomic E-state index is 12.6. The van der Waals surface area contributed by atoms with Crippen molar-refractivity contribution in [2.24, 2.45) is 0 Å². The normalized spacial score (nSPS) is 10.9. The second-order valence-corrected chi connectivity index (χ2v) is 8.81. The van der Waals surface area contributed by atoms with Crippen molar-refractivity contribution in [1.29, 1.82) is 0 Å². The van der Waals surface area contributed by atoms with Crippen LogP contribution in [0.3, 0.4) is 0 Å². The van der Waals surface area contributed by atoms with Crippen LogP contribution in [0.25, 0.3) is 0 Å². The Balaban J connectivity index is 1.59. The number of thiophene rings is 1. The molecule has 2 N–H and O–H groups in total. The van der Waals surface area contributed by atoms with Gasteiger partial charge in [0.25, 0.3) is 5.91 Å². The summed E-state index contributed by atoms with van der Waals surface area (Å²) in [5, 5.41) is 7.85. The van der Waals surface area contributed by atoms with Crippen molar-refractivity contribution in [1.82, 2.24) is 4.90 Å². The van der Waals surface area contributed by atoms with Crippen LogP contribution in [0, 0.1) is 6.92 Å². The number of aryl methyl sites for hydroxylation is 1. The summed E-state index contributed by atoms with van der Waals surface area (Å²) in [4.78, 5) is 28.6. The summed E-state index contributed by atoms with van der Waals surface area (Å²) in [5.41, 5.74) is 3.00. The molecule has 0 radical (unpaired) electrons. The number of carbonyl (C=O) groups excluding carboxylic acids is 2. The van der Waals surface area contributed by atoms with Gasteiger partial charge < -0.3 is 15.4 Å². The molecule has 0 bridgehead atoms. The van der Waals surface area contributed by atoms with Crippen LogP contribution in [0.2, 0.25) is 0 Å². The van der Waals surface area contributed by atoms with Gasteiger partial charge in [-0.25, -0.2) is 0 Å². The summed E-state index contributed by atoms with van der Waals surface area (Å²) in [6, 6.07) is 16.4. The molecule has 32 heavy (non-hydrogen) atoms. The maximum Gasteiger partial charge on any atom is 0.255 e. The number of benzene rings is 2. The first-order valence-electron chi connectivity index (χ1n) is 10.5. The number of amides is 2. The average Bonchev–Trinajstić information content (AvgIpc) is 3.18. The summed E-state index contributed by atoms with van der Waals surface area (Å²) in [6.07, 6.45) is 0. The summed E-state index contributed by atoms with van der Waals surface area (Å²) in [5.74, 6) is 0.265. The number of carbonyl (C=O) groups is 2. The molecule has 0 atom stereocenters. The lowest BCUT2D eigenvalue weighted by Gasteiger charge is -2.25. The van der Waals surface area contributed by atoms with Gasteiger partial charge in [-0.3, -0.25) is 14.5 Å². The smallest absolute Gasteiger partial charge is 0.255 e. The second-order valence-electron chi connectivity index (χ2n) is 7.81. The Bertz CT molecular complexity index is 1060.